The summed E-state index contributed by atoms with van der Waals surface area (Å²) in [4.78, 5) is 18.0. The van der Waals surface area contributed by atoms with Crippen LogP contribution in [0.25, 0.3) is 0 Å². The van der Waals surface area contributed by atoms with Crippen molar-refractivity contribution in [2.75, 3.05) is 0 Å². The Labute approximate surface area is 102 Å². The van der Waals surface area contributed by atoms with Crippen LogP contribution in [0.5, 0.6) is 11.6 Å². The predicted octanol–water partition coefficient (Wildman–Crippen LogP) is 2.41. The lowest BCUT2D eigenvalue weighted by Gasteiger charge is -2.07. The number of benzene rings is 1. The average molecular weight is 248 g/mol. The van der Waals surface area contributed by atoms with E-state index < -0.39 is 11.8 Å². The molecule has 0 fully saturated rings. The van der Waals surface area contributed by atoms with Crippen LogP contribution in [0.15, 0.2) is 30.6 Å². The van der Waals surface area contributed by atoms with E-state index in [2.05, 4.69) is 9.97 Å². The van der Waals surface area contributed by atoms with Crippen LogP contribution >= 0.6 is 0 Å². The van der Waals surface area contributed by atoms with Gasteiger partial charge in [-0.2, -0.15) is 0 Å². The molecule has 0 atom stereocenters. The molecule has 92 valence electrons. The number of carboxylic acids is 1. The van der Waals surface area contributed by atoms with Gasteiger partial charge in [0.15, 0.2) is 17.3 Å². The summed E-state index contributed by atoms with van der Waals surface area (Å²) in [6.07, 6.45) is 2.30. The van der Waals surface area contributed by atoms with Gasteiger partial charge in [0.1, 0.15) is 0 Å². The molecule has 1 aromatic carbocycles. The molecule has 18 heavy (non-hydrogen) atoms. The second kappa shape index (κ2) is 4.79. The van der Waals surface area contributed by atoms with E-state index in [1.807, 2.05) is 0 Å². The van der Waals surface area contributed by atoms with Gasteiger partial charge >= 0.3 is 5.97 Å². The largest absolute Gasteiger partial charge is 0.476 e. The summed E-state index contributed by atoms with van der Waals surface area (Å²) in [6, 6.07) is 4.65. The first-order valence-electron chi connectivity index (χ1n) is 5.06. The van der Waals surface area contributed by atoms with Gasteiger partial charge in [0.25, 0.3) is 0 Å². The Balaban J connectivity index is 2.31. The zero-order valence-electron chi connectivity index (χ0n) is 9.42. The molecule has 0 spiro atoms. The molecule has 2 rings (SSSR count). The average Bonchev–Trinajstić information content (AvgIpc) is 2.35. The molecule has 0 saturated carbocycles. The Kier molecular flexibility index (Phi) is 3.18. The Hall–Kier alpha value is -2.50. The molecular formula is C12H9FN2O3. The molecule has 6 heteroatoms. The summed E-state index contributed by atoms with van der Waals surface area (Å²) in [6.45, 7) is 1.60. The van der Waals surface area contributed by atoms with E-state index in [4.69, 9.17) is 9.84 Å². The molecule has 0 amide bonds. The smallest absolute Gasteiger partial charge is 0.356 e. The fourth-order valence-electron chi connectivity index (χ4n) is 1.31. The number of hydrogen-bond donors (Lipinski definition) is 1. The summed E-state index contributed by atoms with van der Waals surface area (Å²) in [5.74, 6) is -1.83. The van der Waals surface area contributed by atoms with Crippen LogP contribution in [0.1, 0.15) is 16.1 Å². The van der Waals surface area contributed by atoms with Gasteiger partial charge in [-0.1, -0.05) is 12.1 Å². The predicted molar refractivity (Wildman–Crippen MR) is 60.2 cm³/mol. The fraction of sp³-hybridized carbons (Fsp3) is 0.0833. The molecule has 0 saturated heterocycles. The van der Waals surface area contributed by atoms with Crippen molar-refractivity contribution >= 4 is 5.97 Å². The normalized spacial score (nSPS) is 10.1. The van der Waals surface area contributed by atoms with Gasteiger partial charge in [-0.3, -0.25) is 4.98 Å². The molecule has 5 nitrogen and oxygen atoms in total. The number of halogens is 1. The van der Waals surface area contributed by atoms with E-state index in [0.29, 0.717) is 5.56 Å². The van der Waals surface area contributed by atoms with Crippen molar-refractivity contribution in [1.29, 1.82) is 0 Å². The molecule has 0 aliphatic rings. The summed E-state index contributed by atoms with van der Waals surface area (Å²) < 4.78 is 18.8. The first kappa shape index (κ1) is 12.0. The first-order valence-corrected chi connectivity index (χ1v) is 5.06. The second-order valence-electron chi connectivity index (χ2n) is 3.54. The lowest BCUT2D eigenvalue weighted by atomic mass is 10.2. The molecule has 0 aliphatic heterocycles. The van der Waals surface area contributed by atoms with E-state index >= 15 is 0 Å². The van der Waals surface area contributed by atoms with Crippen LogP contribution in [0.2, 0.25) is 0 Å². The minimum absolute atomic E-state index is 0.0214. The lowest BCUT2D eigenvalue weighted by Crippen LogP contribution is -2.02. The van der Waals surface area contributed by atoms with Gasteiger partial charge in [0, 0.05) is 0 Å². The Morgan fingerprint density at radius 3 is 2.89 bits per heavy atom. The molecule has 0 unspecified atom stereocenters. The van der Waals surface area contributed by atoms with Gasteiger partial charge in [-0.05, 0) is 18.6 Å². The van der Waals surface area contributed by atoms with Crippen molar-refractivity contribution in [3.63, 3.8) is 0 Å². The number of carbonyl (C=O) groups is 1. The number of carboxylic acid groups (broad SMARTS) is 1. The molecule has 1 N–H and O–H groups in total. The van der Waals surface area contributed by atoms with E-state index in [1.54, 1.807) is 19.1 Å². The second-order valence-corrected chi connectivity index (χ2v) is 3.54. The third kappa shape index (κ3) is 2.42. The summed E-state index contributed by atoms with van der Waals surface area (Å²) in [7, 11) is 0. The zero-order valence-corrected chi connectivity index (χ0v) is 9.42. The Morgan fingerprint density at radius 1 is 1.39 bits per heavy atom. The van der Waals surface area contributed by atoms with E-state index in [-0.39, 0.29) is 17.3 Å². The lowest BCUT2D eigenvalue weighted by molar-refractivity contribution is 0.0689. The highest BCUT2D eigenvalue weighted by atomic mass is 19.1. The highest BCUT2D eigenvalue weighted by Crippen LogP contribution is 2.24. The van der Waals surface area contributed by atoms with Gasteiger partial charge in [0.2, 0.25) is 5.88 Å². The Bertz CT molecular complexity index is 602. The van der Waals surface area contributed by atoms with E-state index in [1.165, 1.54) is 12.3 Å². The zero-order chi connectivity index (χ0) is 13.1. The molecule has 1 heterocycles. The Morgan fingerprint density at radius 2 is 2.17 bits per heavy atom. The van der Waals surface area contributed by atoms with Gasteiger partial charge in [0.05, 0.1) is 12.4 Å². The van der Waals surface area contributed by atoms with Crippen LogP contribution in [0, 0.1) is 12.7 Å². The maximum absolute atomic E-state index is 13.7. The third-order valence-electron chi connectivity index (χ3n) is 2.20. The minimum Gasteiger partial charge on any atom is -0.476 e. The van der Waals surface area contributed by atoms with Gasteiger partial charge in [-0.15, -0.1) is 0 Å². The van der Waals surface area contributed by atoms with Gasteiger partial charge in [-0.25, -0.2) is 14.2 Å². The third-order valence-corrected chi connectivity index (χ3v) is 2.20. The van der Waals surface area contributed by atoms with Gasteiger partial charge < -0.3 is 9.84 Å². The highest BCUT2D eigenvalue weighted by molar-refractivity contribution is 5.84. The van der Waals surface area contributed by atoms with Crippen LogP contribution < -0.4 is 4.74 Å². The van der Waals surface area contributed by atoms with Crippen LogP contribution in [-0.2, 0) is 0 Å². The number of ether oxygens (including phenoxy) is 1. The molecule has 2 aromatic rings. The van der Waals surface area contributed by atoms with Crippen LogP contribution in [0.4, 0.5) is 4.39 Å². The first-order chi connectivity index (χ1) is 8.58. The number of aromatic nitrogens is 2. The van der Waals surface area contributed by atoms with Crippen molar-refractivity contribution < 1.29 is 19.0 Å². The number of nitrogens with zero attached hydrogens (tertiary/aromatic N) is 2. The van der Waals surface area contributed by atoms with Crippen molar-refractivity contribution in [3.05, 3.63) is 47.7 Å². The number of aryl methyl sites for hydroxylation is 1. The summed E-state index contributed by atoms with van der Waals surface area (Å²) in [5.41, 5.74) is 0.162. The fourth-order valence-corrected chi connectivity index (χ4v) is 1.31. The van der Waals surface area contributed by atoms with E-state index in [0.717, 1.165) is 6.20 Å². The number of rotatable bonds is 3. The van der Waals surface area contributed by atoms with Crippen molar-refractivity contribution in [2.24, 2.45) is 0 Å². The number of hydrogen-bond acceptors (Lipinski definition) is 4. The highest BCUT2D eigenvalue weighted by Gasteiger charge is 2.10. The standard InChI is InChI=1S/C12H9FN2O3/c1-7-3-2-4-9(11(7)13)18-10-6-14-5-8(15-10)12(16)17/h2-6H,1H3,(H,16,17). The molecule has 0 radical (unpaired) electrons. The van der Waals surface area contributed by atoms with Crippen molar-refractivity contribution in [2.45, 2.75) is 6.92 Å². The maximum atomic E-state index is 13.7. The van der Waals surface area contributed by atoms with Crippen molar-refractivity contribution in [1.82, 2.24) is 9.97 Å². The summed E-state index contributed by atoms with van der Waals surface area (Å²) in [5, 5.41) is 8.74. The topological polar surface area (TPSA) is 72.3 Å². The van der Waals surface area contributed by atoms with E-state index in [9.17, 15) is 9.18 Å². The van der Waals surface area contributed by atoms with Crippen LogP contribution in [0.3, 0.4) is 0 Å². The maximum Gasteiger partial charge on any atom is 0.356 e. The van der Waals surface area contributed by atoms with Crippen LogP contribution in [-0.4, -0.2) is 21.0 Å². The monoisotopic (exact) mass is 248 g/mol. The molecule has 1 aromatic heterocycles. The number of aromatic carboxylic acids is 1. The molecular weight excluding hydrogens is 239 g/mol. The molecule has 0 bridgehead atoms. The van der Waals surface area contributed by atoms with Crippen molar-refractivity contribution in [3.8, 4) is 11.6 Å². The minimum atomic E-state index is -1.22. The quantitative estimate of drug-likeness (QED) is 0.902. The SMILES string of the molecule is Cc1cccc(Oc2cncc(C(=O)O)n2)c1F. The molecule has 0 aliphatic carbocycles. The summed E-state index contributed by atoms with van der Waals surface area (Å²) >= 11 is 0.